The fraction of sp³-hybridized carbons (Fsp3) is 0.464. The molecule has 2 aliphatic heterocycles. The first-order valence-electron chi connectivity index (χ1n) is 13.6. The van der Waals surface area contributed by atoms with Crippen molar-refractivity contribution in [3.05, 3.63) is 55.7 Å². The first kappa shape index (κ1) is 34.3. The van der Waals surface area contributed by atoms with Crippen LogP contribution >= 0.6 is 7.60 Å². The van der Waals surface area contributed by atoms with Crippen molar-refractivity contribution in [1.29, 1.82) is 0 Å². The highest BCUT2D eigenvalue weighted by Crippen LogP contribution is 2.47. The third-order valence-corrected chi connectivity index (χ3v) is 8.25. The van der Waals surface area contributed by atoms with Crippen LogP contribution in [-0.2, 0) is 44.0 Å². The van der Waals surface area contributed by atoms with Crippen LogP contribution in [0.5, 0.6) is 0 Å². The molecule has 0 saturated heterocycles. The Kier molecular flexibility index (Phi) is 11.0. The monoisotopic (exact) mass is 633 g/mol. The number of ether oxygens (including phenoxy) is 2. The van der Waals surface area contributed by atoms with E-state index < -0.39 is 55.7 Å². The van der Waals surface area contributed by atoms with Crippen molar-refractivity contribution in [2.45, 2.75) is 55.0 Å². The van der Waals surface area contributed by atoms with E-state index in [2.05, 4.69) is 20.3 Å². The summed E-state index contributed by atoms with van der Waals surface area (Å²) in [6.45, 7) is 9.76. The number of amides is 1. The number of aromatic nitrogens is 4. The smallest absolute Gasteiger partial charge is 0.349 e. The molecule has 3 rings (SSSR count). The van der Waals surface area contributed by atoms with Crippen LogP contribution < -0.4 is 16.6 Å². The zero-order valence-corrected chi connectivity index (χ0v) is 26.5. The molecule has 2 aliphatic rings. The fourth-order valence-electron chi connectivity index (χ4n) is 3.68. The Morgan fingerprint density at radius 1 is 1.05 bits per heavy atom. The van der Waals surface area contributed by atoms with Crippen LogP contribution in [0.15, 0.2) is 33.4 Å². The van der Waals surface area contributed by atoms with E-state index in [-0.39, 0.29) is 30.8 Å². The number of carbonyl (C=O) groups excluding carboxylic acids is 3. The average Bonchev–Trinajstić information content (AvgIpc) is 2.93. The van der Waals surface area contributed by atoms with Crippen molar-refractivity contribution < 1.29 is 37.5 Å². The number of allylic oxidation sites excluding steroid dienone is 1. The maximum atomic E-state index is 13.4. The molecule has 238 valence electrons. The van der Waals surface area contributed by atoms with E-state index in [4.69, 9.17) is 18.5 Å². The second kappa shape index (κ2) is 14.1. The van der Waals surface area contributed by atoms with E-state index in [0.29, 0.717) is 16.6 Å². The van der Waals surface area contributed by atoms with Gasteiger partial charge in [0.05, 0.1) is 22.6 Å². The van der Waals surface area contributed by atoms with Crippen LogP contribution in [-0.4, -0.2) is 63.7 Å². The van der Waals surface area contributed by atoms with Crippen LogP contribution in [0.25, 0.3) is 22.6 Å². The van der Waals surface area contributed by atoms with Crippen LogP contribution in [0, 0.1) is 19.3 Å². The molecule has 0 saturated carbocycles. The highest BCUT2D eigenvalue weighted by Gasteiger charge is 2.29. The molecule has 0 spiro atoms. The van der Waals surface area contributed by atoms with Gasteiger partial charge in [-0.1, -0.05) is 6.08 Å². The van der Waals surface area contributed by atoms with Gasteiger partial charge in [0.15, 0.2) is 11.5 Å². The van der Waals surface area contributed by atoms with Crippen LogP contribution in [0.3, 0.4) is 0 Å². The first-order chi connectivity index (χ1) is 20.5. The molecular formula is C28H36N5O10P. The summed E-state index contributed by atoms with van der Waals surface area (Å²) in [7, 11) is -4.07. The van der Waals surface area contributed by atoms with Crippen molar-refractivity contribution in [3.63, 3.8) is 0 Å². The van der Waals surface area contributed by atoms with Crippen molar-refractivity contribution >= 4 is 36.5 Å². The highest BCUT2D eigenvalue weighted by atomic mass is 31.2. The summed E-state index contributed by atoms with van der Waals surface area (Å²) in [4.78, 5) is 71.9. The van der Waals surface area contributed by atoms with Gasteiger partial charge in [-0.25, -0.2) is 14.6 Å². The molecule has 0 aromatic heterocycles. The van der Waals surface area contributed by atoms with Crippen LogP contribution in [0.4, 0.5) is 0 Å². The molecule has 1 aromatic rings. The lowest BCUT2D eigenvalue weighted by Gasteiger charge is -2.21. The zero-order valence-electron chi connectivity index (χ0n) is 25.6. The Morgan fingerprint density at radius 3 is 2.32 bits per heavy atom. The van der Waals surface area contributed by atoms with Gasteiger partial charge in [0.1, 0.15) is 6.54 Å². The van der Waals surface area contributed by atoms with Crippen LogP contribution in [0.2, 0.25) is 0 Å². The molecule has 2 heterocycles. The molecule has 0 bridgehead atoms. The maximum Gasteiger partial charge on any atom is 0.349 e. The number of rotatable bonds is 12. The molecule has 15 nitrogen and oxygen atoms in total. The third kappa shape index (κ3) is 8.68. The third-order valence-electron chi connectivity index (χ3n) is 6.48. The summed E-state index contributed by atoms with van der Waals surface area (Å²) >= 11 is 0. The normalized spacial score (nSPS) is 13.5. The number of aromatic amines is 1. The lowest BCUT2D eigenvalue weighted by atomic mass is 9.98. The van der Waals surface area contributed by atoms with Gasteiger partial charge in [0.2, 0.25) is 19.5 Å². The van der Waals surface area contributed by atoms with Gasteiger partial charge in [-0.15, -0.1) is 0 Å². The van der Waals surface area contributed by atoms with Crippen LogP contribution in [0.1, 0.15) is 45.7 Å². The molecule has 0 aliphatic carbocycles. The van der Waals surface area contributed by atoms with Gasteiger partial charge in [-0.05, 0) is 71.7 Å². The summed E-state index contributed by atoms with van der Waals surface area (Å²) in [5.74, 6) is -1.97. The minimum atomic E-state index is -4.07. The second-order valence-corrected chi connectivity index (χ2v) is 13.1. The molecule has 2 N–H and O–H groups in total. The molecular weight excluding hydrogens is 597 g/mol. The number of nitrogens with one attached hydrogen (secondary N) is 2. The Bertz CT molecular complexity index is 1740. The highest BCUT2D eigenvalue weighted by molar-refractivity contribution is 7.53. The zero-order chi connectivity index (χ0) is 32.8. The average molecular weight is 634 g/mol. The predicted molar refractivity (Wildman–Crippen MR) is 159 cm³/mol. The predicted octanol–water partition coefficient (Wildman–Crippen LogP) is 2.56. The Hall–Kier alpha value is -4.20. The van der Waals surface area contributed by atoms with Crippen molar-refractivity contribution in [2.75, 3.05) is 26.3 Å². The van der Waals surface area contributed by atoms with E-state index in [1.54, 1.807) is 39.8 Å². The number of fused-ring (bicyclic) bond motifs is 2. The van der Waals surface area contributed by atoms with E-state index in [1.165, 1.54) is 17.6 Å². The molecule has 1 aromatic carbocycles. The minimum Gasteiger partial charge on any atom is -0.438 e. The van der Waals surface area contributed by atoms with Gasteiger partial charge in [-0.2, -0.15) is 4.98 Å². The Balaban J connectivity index is 1.77. The lowest BCUT2D eigenvalue weighted by Crippen LogP contribution is -2.34. The summed E-state index contributed by atoms with van der Waals surface area (Å²) in [5, 5.41) is 2.59. The maximum absolute atomic E-state index is 13.4. The van der Waals surface area contributed by atoms with Gasteiger partial charge in [-0.3, -0.25) is 33.0 Å². The number of nitrogens with zero attached hydrogens (tertiary/aromatic N) is 3. The molecule has 0 fully saturated rings. The quantitative estimate of drug-likeness (QED) is 0.0973. The minimum absolute atomic E-state index is 0.0825. The van der Waals surface area contributed by atoms with Gasteiger partial charge >= 0.3 is 25.2 Å². The molecule has 16 heteroatoms. The number of carbonyl (C=O) groups is 3. The van der Waals surface area contributed by atoms with E-state index in [1.807, 2.05) is 13.8 Å². The largest absolute Gasteiger partial charge is 0.438 e. The number of hydrogen-bond acceptors (Lipinski definition) is 12. The van der Waals surface area contributed by atoms with Gasteiger partial charge in [0.25, 0.3) is 5.56 Å². The first-order valence-corrected chi connectivity index (χ1v) is 15.3. The SMILES string of the molecule is C/C=C(\C)C(=O)OCOP(=O)(CCNC(=O)Cn1c2nc(=O)[nH]c(=O)c-2nc2cc(C)c(C)cc21)OCOC(=O)C(C)(C)C. The molecule has 1 atom stereocenters. The molecule has 1 amide bonds. The number of benzene rings is 1. The van der Waals surface area contributed by atoms with E-state index in [9.17, 15) is 28.5 Å². The Labute approximate surface area is 252 Å². The summed E-state index contributed by atoms with van der Waals surface area (Å²) in [6, 6.07) is 3.52. The van der Waals surface area contributed by atoms with E-state index >= 15 is 0 Å². The van der Waals surface area contributed by atoms with Crippen molar-refractivity contribution in [3.8, 4) is 11.5 Å². The van der Waals surface area contributed by atoms with Gasteiger partial charge < -0.3 is 19.4 Å². The number of aryl methyl sites for hydroxylation is 2. The topological polar surface area (TPSA) is 198 Å². The Morgan fingerprint density at radius 2 is 1.68 bits per heavy atom. The van der Waals surface area contributed by atoms with Crippen molar-refractivity contribution in [1.82, 2.24) is 24.8 Å². The molecule has 1 unspecified atom stereocenters. The fourth-order valence-corrected chi connectivity index (χ4v) is 4.82. The molecule has 44 heavy (non-hydrogen) atoms. The number of hydrogen-bond donors (Lipinski definition) is 2. The van der Waals surface area contributed by atoms with Gasteiger partial charge in [0, 0.05) is 12.1 Å². The molecule has 0 radical (unpaired) electrons. The summed E-state index contributed by atoms with van der Waals surface area (Å²) in [6.07, 6.45) is 1.15. The second-order valence-electron chi connectivity index (χ2n) is 10.9. The van der Waals surface area contributed by atoms with E-state index in [0.717, 1.165) is 11.1 Å². The standard InChI is InChI=1S/C28H36N5O10P/c1-8-16(2)25(36)40-14-42-44(39,43-15-41-26(37)28(5,6)7)10-9-29-21(34)13-33-20-12-18(4)17(3)11-19(20)30-22-23(33)31-27(38)32-24(22)35/h8,11-12H,9-10,13-15H2,1-7H3,(H,29,34)(H,32,35,38)/b16-8+. The number of esters is 2. The van der Waals surface area contributed by atoms with Crippen molar-refractivity contribution in [2.24, 2.45) is 5.41 Å². The number of H-pyrrole nitrogens is 1. The summed E-state index contributed by atoms with van der Waals surface area (Å²) < 4.78 is 35.3. The summed E-state index contributed by atoms with van der Waals surface area (Å²) in [5.41, 5.74) is 0.361. The lowest BCUT2D eigenvalue weighted by molar-refractivity contribution is -0.160.